The molecule has 0 amide bonds. The highest BCUT2D eigenvalue weighted by Crippen LogP contribution is 1.99. The van der Waals surface area contributed by atoms with Crippen molar-refractivity contribution in [2.45, 2.75) is 0 Å². The number of hydrogen-bond acceptors (Lipinski definition) is 5. The second-order valence-corrected chi connectivity index (χ2v) is 1.43. The lowest BCUT2D eigenvalue weighted by atomic mass is 10.7. The Morgan fingerprint density at radius 3 is 3.20 bits per heavy atom. The van der Waals surface area contributed by atoms with Crippen LogP contribution in [-0.4, -0.2) is 28.0 Å². The number of aliphatic carboxylic acids is 1. The van der Waals surface area contributed by atoms with Crippen molar-refractivity contribution in [3.63, 3.8) is 0 Å². The summed E-state index contributed by atoms with van der Waals surface area (Å²) in [5, 5.41) is 14.5. The van der Waals surface area contributed by atoms with Gasteiger partial charge in [-0.1, -0.05) is 5.16 Å². The molecule has 0 aromatic carbocycles. The lowest BCUT2D eigenvalue weighted by molar-refractivity contribution is -0.139. The average Bonchev–Trinajstić information content (AvgIpc) is 2.34. The fourth-order valence-electron chi connectivity index (χ4n) is 0.355. The summed E-state index contributed by atoms with van der Waals surface area (Å²) in [6.45, 7) is -0.436. The Morgan fingerprint density at radius 2 is 2.70 bits per heavy atom. The molecule has 1 aromatic heterocycles. The van der Waals surface area contributed by atoms with Crippen LogP contribution in [0.5, 0.6) is 5.88 Å². The van der Waals surface area contributed by atoms with E-state index in [0.717, 1.165) is 0 Å². The minimum absolute atomic E-state index is 0.0717. The zero-order valence-electron chi connectivity index (χ0n) is 4.85. The first-order valence-electron chi connectivity index (χ1n) is 2.41. The molecule has 0 spiro atoms. The summed E-state index contributed by atoms with van der Waals surface area (Å²) in [6, 6.07) is 0. The van der Waals surface area contributed by atoms with Gasteiger partial charge in [-0.25, -0.2) is 9.42 Å². The molecule has 10 heavy (non-hydrogen) atoms. The molecule has 0 fully saturated rings. The van der Waals surface area contributed by atoms with Gasteiger partial charge in [0.2, 0.25) is 0 Å². The maximum atomic E-state index is 9.89. The molecule has 54 valence electrons. The number of rotatable bonds is 3. The summed E-state index contributed by atoms with van der Waals surface area (Å²) < 4.78 is 8.67. The van der Waals surface area contributed by atoms with Crippen molar-refractivity contribution in [1.29, 1.82) is 0 Å². The Morgan fingerprint density at radius 1 is 1.90 bits per heavy atom. The van der Waals surface area contributed by atoms with E-state index < -0.39 is 12.6 Å². The fraction of sp³-hybridized carbons (Fsp3) is 0.250. The minimum Gasteiger partial charge on any atom is -0.479 e. The summed E-state index contributed by atoms with van der Waals surface area (Å²) in [7, 11) is 0. The molecule has 0 aliphatic carbocycles. The third-order valence-electron chi connectivity index (χ3n) is 0.685. The number of carbonyl (C=O) groups is 1. The summed E-state index contributed by atoms with van der Waals surface area (Å²) in [4.78, 5) is 9.89. The quantitative estimate of drug-likeness (QED) is 0.617. The van der Waals surface area contributed by atoms with E-state index in [-0.39, 0.29) is 5.88 Å². The fourth-order valence-corrected chi connectivity index (χ4v) is 0.355. The molecule has 1 heterocycles. The van der Waals surface area contributed by atoms with Gasteiger partial charge in [0.05, 0.1) is 0 Å². The van der Waals surface area contributed by atoms with Crippen molar-refractivity contribution >= 4 is 5.97 Å². The summed E-state index contributed by atoms with van der Waals surface area (Å²) in [6.07, 6.45) is 1.18. The van der Waals surface area contributed by atoms with Crippen LogP contribution in [0.4, 0.5) is 0 Å². The van der Waals surface area contributed by atoms with Crippen LogP contribution < -0.4 is 4.74 Å². The van der Waals surface area contributed by atoms with Crippen molar-refractivity contribution < 1.29 is 19.3 Å². The van der Waals surface area contributed by atoms with Crippen LogP contribution in [0.2, 0.25) is 0 Å². The van der Waals surface area contributed by atoms with Crippen LogP contribution >= 0.6 is 0 Å². The lowest BCUT2D eigenvalue weighted by Gasteiger charge is -1.92. The second kappa shape index (κ2) is 2.81. The maximum absolute atomic E-state index is 9.89. The number of nitrogens with zero attached hydrogens (tertiary/aromatic N) is 2. The van der Waals surface area contributed by atoms with Gasteiger partial charge < -0.3 is 9.84 Å². The molecule has 0 aliphatic heterocycles. The van der Waals surface area contributed by atoms with E-state index in [1.165, 1.54) is 6.20 Å². The van der Waals surface area contributed by atoms with Crippen LogP contribution in [0.1, 0.15) is 0 Å². The average molecular weight is 144 g/mol. The molecule has 1 rings (SSSR count). The van der Waals surface area contributed by atoms with Crippen LogP contribution in [0.3, 0.4) is 0 Å². The summed E-state index contributed by atoms with van der Waals surface area (Å²) in [5.41, 5.74) is 0. The molecule has 0 bridgehead atoms. The molecule has 6 nitrogen and oxygen atoms in total. The third-order valence-corrected chi connectivity index (χ3v) is 0.685. The Bertz CT molecular complexity index is 207. The first kappa shape index (κ1) is 6.53. The first-order chi connectivity index (χ1) is 4.79. The van der Waals surface area contributed by atoms with Gasteiger partial charge in [-0.2, -0.15) is 0 Å². The van der Waals surface area contributed by atoms with Crippen LogP contribution in [0, 0.1) is 0 Å². The molecule has 0 aliphatic rings. The van der Waals surface area contributed by atoms with E-state index in [9.17, 15) is 4.79 Å². The monoisotopic (exact) mass is 144 g/mol. The van der Waals surface area contributed by atoms with Gasteiger partial charge in [-0.15, -0.1) is 0 Å². The van der Waals surface area contributed by atoms with E-state index in [1.54, 1.807) is 0 Å². The van der Waals surface area contributed by atoms with Gasteiger partial charge in [0.25, 0.3) is 5.88 Å². The van der Waals surface area contributed by atoms with Gasteiger partial charge in [-0.3, -0.25) is 0 Å². The number of aromatic nitrogens is 2. The Balaban J connectivity index is 2.35. The SMILES string of the molecule is O=C(O)COc1cnon1. The van der Waals surface area contributed by atoms with Crippen molar-refractivity contribution in [3.8, 4) is 5.88 Å². The van der Waals surface area contributed by atoms with Crippen molar-refractivity contribution in [1.82, 2.24) is 10.3 Å². The zero-order valence-corrected chi connectivity index (χ0v) is 4.85. The highest BCUT2D eigenvalue weighted by atomic mass is 16.6. The van der Waals surface area contributed by atoms with Gasteiger partial charge in [0.15, 0.2) is 6.61 Å². The van der Waals surface area contributed by atoms with E-state index in [1.807, 2.05) is 0 Å². The van der Waals surface area contributed by atoms with Gasteiger partial charge in [0, 0.05) is 0 Å². The van der Waals surface area contributed by atoms with Gasteiger partial charge in [0.1, 0.15) is 6.20 Å². The highest BCUT2D eigenvalue weighted by Gasteiger charge is 2.00. The molecular formula is C4H4N2O4. The molecule has 1 aromatic rings. The van der Waals surface area contributed by atoms with E-state index >= 15 is 0 Å². The molecule has 0 saturated heterocycles. The molecule has 0 atom stereocenters. The lowest BCUT2D eigenvalue weighted by Crippen LogP contribution is -2.09. The summed E-state index contributed by atoms with van der Waals surface area (Å²) >= 11 is 0. The van der Waals surface area contributed by atoms with Crippen molar-refractivity contribution in [2.24, 2.45) is 0 Å². The number of ether oxygens (including phenoxy) is 1. The Kier molecular flexibility index (Phi) is 1.83. The van der Waals surface area contributed by atoms with E-state index in [0.29, 0.717) is 0 Å². The molecule has 6 heteroatoms. The van der Waals surface area contributed by atoms with Crippen molar-refractivity contribution in [2.75, 3.05) is 6.61 Å². The predicted molar refractivity (Wildman–Crippen MR) is 27.4 cm³/mol. The number of hydrogen-bond donors (Lipinski definition) is 1. The van der Waals surface area contributed by atoms with Crippen LogP contribution in [0.25, 0.3) is 0 Å². The van der Waals surface area contributed by atoms with E-state index in [4.69, 9.17) is 5.11 Å². The maximum Gasteiger partial charge on any atom is 0.341 e. The van der Waals surface area contributed by atoms with Crippen molar-refractivity contribution in [3.05, 3.63) is 6.20 Å². The third kappa shape index (κ3) is 1.73. The van der Waals surface area contributed by atoms with Crippen LogP contribution in [-0.2, 0) is 4.79 Å². The first-order valence-corrected chi connectivity index (χ1v) is 2.41. The second-order valence-electron chi connectivity index (χ2n) is 1.43. The van der Waals surface area contributed by atoms with Gasteiger partial charge >= 0.3 is 5.97 Å². The zero-order chi connectivity index (χ0) is 7.40. The van der Waals surface area contributed by atoms with Crippen LogP contribution in [0.15, 0.2) is 10.8 Å². The number of carboxylic acid groups (broad SMARTS) is 1. The molecule has 0 unspecified atom stereocenters. The largest absolute Gasteiger partial charge is 0.479 e. The number of carboxylic acids is 1. The molecular weight excluding hydrogens is 140 g/mol. The van der Waals surface area contributed by atoms with Gasteiger partial charge in [-0.05, 0) is 5.16 Å². The normalized spacial score (nSPS) is 9.20. The summed E-state index contributed by atoms with van der Waals surface area (Å²) in [5.74, 6) is -0.995. The molecule has 0 radical (unpaired) electrons. The standard InChI is InChI=1S/C4H4N2O4/c7-4(8)2-9-3-1-5-10-6-3/h1H,2H2,(H,7,8). The Hall–Kier alpha value is -1.59. The highest BCUT2D eigenvalue weighted by molar-refractivity contribution is 5.68. The Labute approximate surface area is 55.4 Å². The smallest absolute Gasteiger partial charge is 0.341 e. The van der Waals surface area contributed by atoms with E-state index in [2.05, 4.69) is 19.7 Å². The minimum atomic E-state index is -1.07. The molecule has 0 saturated carbocycles. The molecule has 1 N–H and O–H groups in total. The predicted octanol–water partition coefficient (Wildman–Crippen LogP) is -0.467. The topological polar surface area (TPSA) is 85.5 Å².